The van der Waals surface area contributed by atoms with E-state index < -0.39 is 0 Å². The summed E-state index contributed by atoms with van der Waals surface area (Å²) in [4.78, 5) is 12.4. The summed E-state index contributed by atoms with van der Waals surface area (Å²) in [7, 11) is 0. The van der Waals surface area contributed by atoms with Gasteiger partial charge in [-0.15, -0.1) is 0 Å². The monoisotopic (exact) mass is 399 g/mol. The van der Waals surface area contributed by atoms with Crippen LogP contribution in [0, 0.1) is 11.3 Å². The molecule has 0 aliphatic heterocycles. The fraction of sp³-hybridized carbons (Fsp3) is 0.0385. The average Bonchev–Trinajstić information content (AvgIpc) is 3.46. The molecule has 0 atom stereocenters. The summed E-state index contributed by atoms with van der Waals surface area (Å²) in [6.45, 7) is 0. The molecule has 5 heteroatoms. The van der Waals surface area contributed by atoms with Crippen LogP contribution in [0.5, 0.6) is 0 Å². The lowest BCUT2D eigenvalue weighted by Crippen LogP contribution is -1.94. The summed E-state index contributed by atoms with van der Waals surface area (Å²) in [5.41, 5.74) is 8.27. The van der Waals surface area contributed by atoms with Crippen LogP contribution in [0.3, 0.4) is 0 Å². The average molecular weight is 399 g/mol. The molecule has 3 heterocycles. The Labute approximate surface area is 178 Å². The number of aromatic nitrogens is 4. The van der Waals surface area contributed by atoms with Gasteiger partial charge in [0.15, 0.2) is 0 Å². The van der Waals surface area contributed by atoms with Crippen LogP contribution >= 0.6 is 0 Å². The zero-order valence-corrected chi connectivity index (χ0v) is 16.6. The van der Waals surface area contributed by atoms with E-state index in [9.17, 15) is 0 Å². The van der Waals surface area contributed by atoms with E-state index in [0.717, 1.165) is 49.8 Å². The predicted molar refractivity (Wildman–Crippen MR) is 123 cm³/mol. The molecule has 3 aromatic heterocycles. The van der Waals surface area contributed by atoms with E-state index in [2.05, 4.69) is 68.1 Å². The topological polar surface area (TPSA) is 70.3 Å². The van der Waals surface area contributed by atoms with Gasteiger partial charge in [0, 0.05) is 22.8 Å². The number of nitrogens with zero attached hydrogens (tertiary/aromatic N) is 4. The fourth-order valence-electron chi connectivity index (χ4n) is 4.17. The van der Waals surface area contributed by atoms with E-state index in [1.165, 1.54) is 5.39 Å². The van der Waals surface area contributed by atoms with Gasteiger partial charge < -0.3 is 4.98 Å². The van der Waals surface area contributed by atoms with Crippen molar-refractivity contribution >= 4 is 32.8 Å². The minimum Gasteiger partial charge on any atom is -0.361 e. The summed E-state index contributed by atoms with van der Waals surface area (Å²) in [6, 6.07) is 25.2. The zero-order chi connectivity index (χ0) is 20.8. The van der Waals surface area contributed by atoms with Crippen molar-refractivity contribution in [1.82, 2.24) is 19.5 Å². The minimum atomic E-state index is 0.409. The molecule has 0 aliphatic carbocycles. The first kappa shape index (κ1) is 17.4. The molecule has 6 aromatic rings. The molecule has 146 valence electrons. The van der Waals surface area contributed by atoms with Gasteiger partial charge in [-0.2, -0.15) is 5.26 Å². The Hall–Kier alpha value is -4.43. The highest BCUT2D eigenvalue weighted by molar-refractivity contribution is 6.04. The smallest absolute Gasteiger partial charge is 0.108 e. The van der Waals surface area contributed by atoms with Gasteiger partial charge in [-0.25, -0.2) is 4.98 Å². The van der Waals surface area contributed by atoms with Gasteiger partial charge >= 0.3 is 0 Å². The summed E-state index contributed by atoms with van der Waals surface area (Å²) < 4.78 is 2.09. The molecule has 31 heavy (non-hydrogen) atoms. The molecule has 6 rings (SSSR count). The summed E-state index contributed by atoms with van der Waals surface area (Å²) in [5.74, 6) is 0. The molecular weight excluding hydrogens is 382 g/mol. The maximum Gasteiger partial charge on any atom is 0.108 e. The second-order valence-electron chi connectivity index (χ2n) is 7.62. The largest absolute Gasteiger partial charge is 0.361 e. The van der Waals surface area contributed by atoms with Crippen molar-refractivity contribution in [3.63, 3.8) is 0 Å². The Morgan fingerprint density at radius 3 is 2.58 bits per heavy atom. The molecule has 0 fully saturated rings. The molecule has 0 saturated carbocycles. The van der Waals surface area contributed by atoms with Crippen LogP contribution < -0.4 is 0 Å². The Kier molecular flexibility index (Phi) is 3.84. The van der Waals surface area contributed by atoms with Gasteiger partial charge in [-0.3, -0.25) is 9.55 Å². The molecule has 1 N–H and O–H groups in total. The second-order valence-corrected chi connectivity index (χ2v) is 7.62. The number of H-pyrrole nitrogens is 1. The number of pyridine rings is 1. The van der Waals surface area contributed by atoms with Gasteiger partial charge in [0.25, 0.3) is 0 Å². The van der Waals surface area contributed by atoms with Crippen molar-refractivity contribution in [2.45, 2.75) is 6.42 Å². The molecule has 0 aliphatic rings. The van der Waals surface area contributed by atoms with Crippen LogP contribution in [0.4, 0.5) is 0 Å². The minimum absolute atomic E-state index is 0.409. The van der Waals surface area contributed by atoms with Crippen LogP contribution in [0.1, 0.15) is 5.56 Å². The lowest BCUT2D eigenvalue weighted by Gasteiger charge is -2.09. The van der Waals surface area contributed by atoms with Crippen molar-refractivity contribution in [3.8, 4) is 22.9 Å². The third-order valence-corrected chi connectivity index (χ3v) is 5.76. The van der Waals surface area contributed by atoms with Gasteiger partial charge in [0.05, 0.1) is 29.7 Å². The van der Waals surface area contributed by atoms with Crippen LogP contribution in [0.25, 0.3) is 49.7 Å². The van der Waals surface area contributed by atoms with Gasteiger partial charge in [-0.05, 0) is 64.5 Å². The van der Waals surface area contributed by atoms with Crippen molar-refractivity contribution in [2.24, 2.45) is 0 Å². The van der Waals surface area contributed by atoms with Crippen LogP contribution in [-0.4, -0.2) is 19.5 Å². The van der Waals surface area contributed by atoms with Crippen molar-refractivity contribution in [1.29, 1.82) is 5.26 Å². The summed E-state index contributed by atoms with van der Waals surface area (Å²) in [6.07, 6.45) is 6.03. The molecule has 0 radical (unpaired) electrons. The SMILES string of the molecule is N#CCc1ccc(-n2cnc3cnc4ccc(-c5ccc6[nH]ccc6c5)cc4c32)cc1. The lowest BCUT2D eigenvalue weighted by molar-refractivity contribution is 1.09. The van der Waals surface area contributed by atoms with Crippen LogP contribution in [-0.2, 0) is 6.42 Å². The third kappa shape index (κ3) is 2.85. The molecule has 5 nitrogen and oxygen atoms in total. The summed E-state index contributed by atoms with van der Waals surface area (Å²) in [5, 5.41) is 11.2. The number of nitrogens with one attached hydrogen (secondary N) is 1. The number of rotatable bonds is 3. The van der Waals surface area contributed by atoms with E-state index in [4.69, 9.17) is 5.26 Å². The van der Waals surface area contributed by atoms with Gasteiger partial charge in [0.2, 0.25) is 0 Å². The highest BCUT2D eigenvalue weighted by Gasteiger charge is 2.12. The number of benzene rings is 3. The first-order chi connectivity index (χ1) is 15.3. The van der Waals surface area contributed by atoms with E-state index >= 15 is 0 Å². The number of nitriles is 1. The Bertz CT molecular complexity index is 1610. The first-order valence-corrected chi connectivity index (χ1v) is 10.1. The van der Waals surface area contributed by atoms with Crippen LogP contribution in [0.2, 0.25) is 0 Å². The van der Waals surface area contributed by atoms with Gasteiger partial charge in [-0.1, -0.05) is 24.3 Å². The highest BCUT2D eigenvalue weighted by Crippen LogP contribution is 2.31. The molecule has 0 spiro atoms. The molecule has 0 saturated heterocycles. The standard InChI is InChI=1S/C26H17N5/c27-11-9-17-1-5-21(6-2-17)31-16-30-25-15-29-24-8-4-19(14-22(24)26(25)31)18-3-7-23-20(13-18)10-12-28-23/h1-8,10,12-16,28H,9H2. The Balaban J connectivity index is 1.55. The van der Waals surface area contributed by atoms with Crippen molar-refractivity contribution in [3.05, 3.63) is 91.0 Å². The second kappa shape index (κ2) is 6.82. The molecule has 0 amide bonds. The first-order valence-electron chi connectivity index (χ1n) is 10.1. The number of imidazole rings is 1. The number of hydrogen-bond acceptors (Lipinski definition) is 3. The summed E-state index contributed by atoms with van der Waals surface area (Å²) >= 11 is 0. The number of aromatic amines is 1. The number of hydrogen-bond donors (Lipinski definition) is 1. The molecular formula is C26H17N5. The van der Waals surface area contributed by atoms with Crippen LogP contribution in [0.15, 0.2) is 85.5 Å². The normalized spacial score (nSPS) is 11.3. The molecule has 3 aromatic carbocycles. The number of fused-ring (bicyclic) bond motifs is 4. The maximum atomic E-state index is 8.92. The zero-order valence-electron chi connectivity index (χ0n) is 16.6. The third-order valence-electron chi connectivity index (χ3n) is 5.76. The Morgan fingerprint density at radius 2 is 1.71 bits per heavy atom. The van der Waals surface area contributed by atoms with Crippen molar-refractivity contribution < 1.29 is 0 Å². The van der Waals surface area contributed by atoms with Gasteiger partial charge in [0.1, 0.15) is 11.8 Å². The van der Waals surface area contributed by atoms with E-state index in [1.54, 1.807) is 0 Å². The molecule has 0 unspecified atom stereocenters. The van der Waals surface area contributed by atoms with Crippen molar-refractivity contribution in [2.75, 3.05) is 0 Å². The van der Waals surface area contributed by atoms with E-state index in [0.29, 0.717) is 6.42 Å². The molecule has 0 bridgehead atoms. The quantitative estimate of drug-likeness (QED) is 0.409. The lowest BCUT2D eigenvalue weighted by atomic mass is 10.0. The predicted octanol–water partition coefficient (Wildman–Crippen LogP) is 5.79. The maximum absolute atomic E-state index is 8.92. The fourth-order valence-corrected chi connectivity index (χ4v) is 4.17. The van der Waals surface area contributed by atoms with E-state index in [1.807, 2.05) is 43.0 Å². The van der Waals surface area contributed by atoms with E-state index in [-0.39, 0.29) is 0 Å². The Morgan fingerprint density at radius 1 is 0.871 bits per heavy atom. The highest BCUT2D eigenvalue weighted by atomic mass is 15.1.